The Labute approximate surface area is 168 Å². The van der Waals surface area contributed by atoms with E-state index in [0.29, 0.717) is 6.54 Å². The van der Waals surface area contributed by atoms with Crippen molar-refractivity contribution in [2.75, 3.05) is 25.5 Å². The van der Waals surface area contributed by atoms with Gasteiger partial charge in [0.25, 0.3) is 0 Å². The van der Waals surface area contributed by atoms with Crippen molar-refractivity contribution in [3.63, 3.8) is 0 Å². The molecule has 0 aliphatic carbocycles. The van der Waals surface area contributed by atoms with Crippen molar-refractivity contribution >= 4 is 39.1 Å². The number of carbonyl (C=O) groups is 2. The van der Waals surface area contributed by atoms with Crippen LogP contribution in [0.5, 0.6) is 0 Å². The lowest BCUT2D eigenvalue weighted by atomic mass is 10.1. The van der Waals surface area contributed by atoms with Crippen LogP contribution in [0.15, 0.2) is 42.5 Å². The van der Waals surface area contributed by atoms with E-state index in [1.165, 1.54) is 0 Å². The summed E-state index contributed by atoms with van der Waals surface area (Å²) in [5, 5.41) is 6.50. The molecule has 0 radical (unpaired) electrons. The molecular weight excluding hydrogens is 372 g/mol. The fraction of sp³-hybridized carbons (Fsp3) is 0.286. The first-order valence-electron chi connectivity index (χ1n) is 9.08. The third kappa shape index (κ3) is 5.15. The molecule has 1 heterocycles. The van der Waals surface area contributed by atoms with Crippen LogP contribution in [0.25, 0.3) is 10.2 Å². The largest absolute Gasteiger partial charge is 0.346 e. The Hall–Kier alpha value is -2.77. The Morgan fingerprint density at radius 3 is 2.46 bits per heavy atom. The predicted molar refractivity (Wildman–Crippen MR) is 114 cm³/mol. The Morgan fingerprint density at radius 2 is 1.75 bits per heavy atom. The number of likely N-dealkylation sites (N-methyl/N-ethyl adjacent to an activating group) is 1. The zero-order valence-electron chi connectivity index (χ0n) is 16.3. The van der Waals surface area contributed by atoms with E-state index in [-0.39, 0.29) is 24.9 Å². The number of nitrogens with one attached hydrogen (secondary N) is 2. The van der Waals surface area contributed by atoms with Gasteiger partial charge in [0.05, 0.1) is 29.9 Å². The van der Waals surface area contributed by atoms with Crippen LogP contribution in [-0.4, -0.2) is 41.8 Å². The summed E-state index contributed by atoms with van der Waals surface area (Å²) in [4.78, 5) is 30.8. The van der Waals surface area contributed by atoms with E-state index in [9.17, 15) is 9.59 Å². The van der Waals surface area contributed by atoms with Gasteiger partial charge >= 0.3 is 0 Å². The summed E-state index contributed by atoms with van der Waals surface area (Å²) in [7, 11) is 1.86. The van der Waals surface area contributed by atoms with Crippen molar-refractivity contribution in [1.82, 2.24) is 15.2 Å². The highest BCUT2D eigenvalue weighted by atomic mass is 32.1. The molecule has 0 aliphatic heterocycles. The number of fused-ring (bicyclic) bond motifs is 1. The fourth-order valence-electron chi connectivity index (χ4n) is 2.95. The molecule has 0 saturated heterocycles. The lowest BCUT2D eigenvalue weighted by molar-refractivity contribution is -0.124. The van der Waals surface area contributed by atoms with Gasteiger partial charge in [0.15, 0.2) is 0 Å². The molecule has 2 N–H and O–H groups in total. The lowest BCUT2D eigenvalue weighted by Crippen LogP contribution is -2.39. The monoisotopic (exact) mass is 396 g/mol. The average Bonchev–Trinajstić information content (AvgIpc) is 3.05. The van der Waals surface area contributed by atoms with E-state index < -0.39 is 0 Å². The van der Waals surface area contributed by atoms with E-state index in [4.69, 9.17) is 0 Å². The second-order valence-electron chi connectivity index (χ2n) is 6.84. The second kappa shape index (κ2) is 8.95. The van der Waals surface area contributed by atoms with Crippen molar-refractivity contribution in [3.05, 3.63) is 58.6 Å². The molecule has 28 heavy (non-hydrogen) atoms. The molecule has 0 unspecified atom stereocenters. The standard InChI is InChI=1S/C21H24N4O2S/c1-14-7-6-8-15(2)21(14)24-18(26)11-22-19(27)12-25(3)13-20-23-16-9-4-5-10-17(16)28-20/h4-10H,11-13H2,1-3H3,(H,22,27)(H,24,26). The summed E-state index contributed by atoms with van der Waals surface area (Å²) < 4.78 is 1.14. The number of carbonyl (C=O) groups excluding carboxylic acids is 2. The lowest BCUT2D eigenvalue weighted by Gasteiger charge is -2.15. The summed E-state index contributed by atoms with van der Waals surface area (Å²) >= 11 is 1.63. The number of para-hydroxylation sites is 2. The normalized spacial score (nSPS) is 11.0. The van der Waals surface area contributed by atoms with Gasteiger partial charge in [-0.15, -0.1) is 11.3 Å². The first kappa shape index (κ1) is 20.0. The smallest absolute Gasteiger partial charge is 0.243 e. The number of amides is 2. The molecular formula is C21H24N4O2S. The van der Waals surface area contributed by atoms with Gasteiger partial charge in [0.1, 0.15) is 5.01 Å². The topological polar surface area (TPSA) is 74.3 Å². The molecule has 0 aliphatic rings. The number of anilines is 1. The molecule has 0 bridgehead atoms. The van der Waals surface area contributed by atoms with E-state index in [1.54, 1.807) is 11.3 Å². The zero-order chi connectivity index (χ0) is 20.1. The Bertz CT molecular complexity index is 946. The third-order valence-electron chi connectivity index (χ3n) is 4.35. The number of rotatable bonds is 7. The first-order chi connectivity index (χ1) is 13.4. The van der Waals surface area contributed by atoms with Crippen molar-refractivity contribution in [2.24, 2.45) is 0 Å². The van der Waals surface area contributed by atoms with E-state index in [0.717, 1.165) is 32.0 Å². The number of benzene rings is 2. The van der Waals surface area contributed by atoms with Crippen LogP contribution in [0, 0.1) is 13.8 Å². The van der Waals surface area contributed by atoms with E-state index in [1.807, 2.05) is 68.3 Å². The highest BCUT2D eigenvalue weighted by Crippen LogP contribution is 2.22. The summed E-state index contributed by atoms with van der Waals surface area (Å²) in [5.74, 6) is -0.431. The van der Waals surface area contributed by atoms with Crippen LogP contribution in [0.1, 0.15) is 16.1 Å². The predicted octanol–water partition coefficient (Wildman–Crippen LogP) is 3.10. The zero-order valence-corrected chi connectivity index (χ0v) is 17.1. The molecule has 6 nitrogen and oxygen atoms in total. The van der Waals surface area contributed by atoms with Crippen LogP contribution < -0.4 is 10.6 Å². The quantitative estimate of drug-likeness (QED) is 0.644. The number of thiazole rings is 1. The molecule has 0 spiro atoms. The minimum absolute atomic E-state index is 0.0540. The molecule has 0 saturated carbocycles. The van der Waals surface area contributed by atoms with E-state index in [2.05, 4.69) is 15.6 Å². The maximum absolute atomic E-state index is 12.2. The Kier molecular flexibility index (Phi) is 6.38. The number of aryl methyl sites for hydroxylation is 2. The van der Waals surface area contributed by atoms with Gasteiger partial charge in [0.2, 0.25) is 11.8 Å². The van der Waals surface area contributed by atoms with Crippen LogP contribution >= 0.6 is 11.3 Å². The van der Waals surface area contributed by atoms with Crippen LogP contribution in [0.4, 0.5) is 5.69 Å². The van der Waals surface area contributed by atoms with Gasteiger partial charge in [0, 0.05) is 5.69 Å². The number of hydrogen-bond acceptors (Lipinski definition) is 5. The third-order valence-corrected chi connectivity index (χ3v) is 5.37. The molecule has 2 aromatic carbocycles. The fourth-order valence-corrected chi connectivity index (χ4v) is 4.00. The molecule has 0 fully saturated rings. The Morgan fingerprint density at radius 1 is 1.04 bits per heavy atom. The van der Waals surface area contributed by atoms with Crippen molar-refractivity contribution in [2.45, 2.75) is 20.4 Å². The van der Waals surface area contributed by atoms with Gasteiger partial charge < -0.3 is 10.6 Å². The van der Waals surface area contributed by atoms with Crippen LogP contribution in [0.3, 0.4) is 0 Å². The molecule has 2 amide bonds. The van der Waals surface area contributed by atoms with Crippen molar-refractivity contribution < 1.29 is 9.59 Å². The second-order valence-corrected chi connectivity index (χ2v) is 7.95. The van der Waals surface area contributed by atoms with Crippen LogP contribution in [-0.2, 0) is 16.1 Å². The summed E-state index contributed by atoms with van der Waals surface area (Å²) in [6, 6.07) is 13.8. The van der Waals surface area contributed by atoms with Gasteiger partial charge in [-0.25, -0.2) is 4.98 Å². The molecule has 1 aromatic heterocycles. The van der Waals surface area contributed by atoms with E-state index >= 15 is 0 Å². The van der Waals surface area contributed by atoms with Gasteiger partial charge in [-0.3, -0.25) is 14.5 Å². The number of aromatic nitrogens is 1. The Balaban J connectivity index is 1.46. The average molecular weight is 397 g/mol. The summed E-state index contributed by atoms with van der Waals surface area (Å²) in [5.41, 5.74) is 3.77. The SMILES string of the molecule is Cc1cccc(C)c1NC(=O)CNC(=O)CN(C)Cc1nc2ccccc2s1. The minimum Gasteiger partial charge on any atom is -0.346 e. The van der Waals surface area contributed by atoms with Crippen molar-refractivity contribution in [3.8, 4) is 0 Å². The number of hydrogen-bond donors (Lipinski definition) is 2. The van der Waals surface area contributed by atoms with Gasteiger partial charge in [-0.1, -0.05) is 30.3 Å². The maximum Gasteiger partial charge on any atom is 0.243 e. The van der Waals surface area contributed by atoms with Crippen LogP contribution in [0.2, 0.25) is 0 Å². The molecule has 0 atom stereocenters. The highest BCUT2D eigenvalue weighted by molar-refractivity contribution is 7.18. The molecule has 146 valence electrons. The summed E-state index contributed by atoms with van der Waals surface area (Å²) in [6.45, 7) is 4.62. The van der Waals surface area contributed by atoms with Gasteiger partial charge in [-0.05, 0) is 44.2 Å². The van der Waals surface area contributed by atoms with Gasteiger partial charge in [-0.2, -0.15) is 0 Å². The molecule has 3 aromatic rings. The van der Waals surface area contributed by atoms with Crippen molar-refractivity contribution in [1.29, 1.82) is 0 Å². The number of nitrogens with zero attached hydrogens (tertiary/aromatic N) is 2. The molecule has 3 rings (SSSR count). The minimum atomic E-state index is -0.237. The highest BCUT2D eigenvalue weighted by Gasteiger charge is 2.12. The first-order valence-corrected chi connectivity index (χ1v) is 9.90. The maximum atomic E-state index is 12.2. The molecule has 7 heteroatoms. The summed E-state index contributed by atoms with van der Waals surface area (Å²) in [6.07, 6.45) is 0.